The van der Waals surface area contributed by atoms with Gasteiger partial charge in [-0.25, -0.2) is 8.42 Å². The third kappa shape index (κ3) is 5.30. The first kappa shape index (κ1) is 15.5. The van der Waals surface area contributed by atoms with E-state index in [1.54, 1.807) is 12.1 Å². The second-order valence-corrected chi connectivity index (χ2v) is 5.79. The van der Waals surface area contributed by atoms with Crippen LogP contribution in [-0.4, -0.2) is 34.4 Å². The summed E-state index contributed by atoms with van der Waals surface area (Å²) >= 11 is 0. The molecule has 0 spiro atoms. The molecule has 0 saturated heterocycles. The van der Waals surface area contributed by atoms with E-state index in [4.69, 9.17) is 10.5 Å². The van der Waals surface area contributed by atoms with Crippen LogP contribution in [0.4, 0.5) is 5.69 Å². The second-order valence-electron chi connectivity index (χ2n) is 3.95. The van der Waals surface area contributed by atoms with E-state index in [0.717, 1.165) is 11.1 Å². The van der Waals surface area contributed by atoms with Gasteiger partial charge in [0.1, 0.15) is 0 Å². The van der Waals surface area contributed by atoms with Crippen molar-refractivity contribution in [2.45, 2.75) is 6.92 Å². The second kappa shape index (κ2) is 7.14. The Labute approximate surface area is 114 Å². The van der Waals surface area contributed by atoms with Crippen LogP contribution in [0.15, 0.2) is 18.2 Å². The molecule has 1 aromatic rings. The number of aryl methyl sites for hydroxylation is 1. The summed E-state index contributed by atoms with van der Waals surface area (Å²) in [5, 5.41) is 0. The fourth-order valence-electron chi connectivity index (χ4n) is 1.39. The van der Waals surface area contributed by atoms with Crippen molar-refractivity contribution in [2.24, 2.45) is 5.73 Å². The van der Waals surface area contributed by atoms with Crippen LogP contribution in [0.3, 0.4) is 0 Å². The van der Waals surface area contributed by atoms with Crippen LogP contribution in [-0.2, 0) is 14.8 Å². The summed E-state index contributed by atoms with van der Waals surface area (Å²) in [6.45, 7) is 2.33. The van der Waals surface area contributed by atoms with Gasteiger partial charge in [-0.2, -0.15) is 0 Å². The van der Waals surface area contributed by atoms with E-state index in [9.17, 15) is 8.42 Å². The average molecular weight is 282 g/mol. The topological polar surface area (TPSA) is 81.4 Å². The van der Waals surface area contributed by atoms with Gasteiger partial charge in [-0.3, -0.25) is 4.72 Å². The van der Waals surface area contributed by atoms with Crippen molar-refractivity contribution < 1.29 is 13.2 Å². The van der Waals surface area contributed by atoms with Gasteiger partial charge in [0.2, 0.25) is 10.0 Å². The van der Waals surface area contributed by atoms with Crippen molar-refractivity contribution >= 4 is 15.7 Å². The molecule has 0 saturated carbocycles. The van der Waals surface area contributed by atoms with Gasteiger partial charge in [-0.1, -0.05) is 17.9 Å². The maximum atomic E-state index is 11.7. The normalized spacial score (nSPS) is 10.7. The SMILES string of the molecule is COCCS(=O)(=O)Nc1ccc(C)c(C#CCN)c1. The van der Waals surface area contributed by atoms with Gasteiger partial charge in [0, 0.05) is 18.4 Å². The highest BCUT2D eigenvalue weighted by Gasteiger charge is 2.10. The molecular weight excluding hydrogens is 264 g/mol. The summed E-state index contributed by atoms with van der Waals surface area (Å²) in [6.07, 6.45) is 0. The Hall–Kier alpha value is -1.55. The molecule has 1 rings (SSSR count). The standard InChI is InChI=1S/C13H18N2O3S/c1-11-5-6-13(10-12(11)4-3-7-14)15-19(16,17)9-8-18-2/h5-6,10,15H,7-9,14H2,1-2H3. The number of sulfonamides is 1. The Bertz CT molecular complexity index is 586. The minimum Gasteiger partial charge on any atom is -0.384 e. The van der Waals surface area contributed by atoms with E-state index >= 15 is 0 Å². The molecule has 19 heavy (non-hydrogen) atoms. The van der Waals surface area contributed by atoms with Gasteiger partial charge >= 0.3 is 0 Å². The average Bonchev–Trinajstić information content (AvgIpc) is 2.37. The molecular formula is C13H18N2O3S. The summed E-state index contributed by atoms with van der Waals surface area (Å²) in [4.78, 5) is 0. The Morgan fingerprint density at radius 1 is 1.42 bits per heavy atom. The monoisotopic (exact) mass is 282 g/mol. The molecule has 0 aliphatic heterocycles. The number of rotatable bonds is 5. The van der Waals surface area contributed by atoms with Crippen LogP contribution >= 0.6 is 0 Å². The molecule has 6 heteroatoms. The molecule has 104 valence electrons. The summed E-state index contributed by atoms with van der Waals surface area (Å²) in [6, 6.07) is 5.21. The molecule has 0 atom stereocenters. The smallest absolute Gasteiger partial charge is 0.234 e. The minimum absolute atomic E-state index is 0.0822. The predicted octanol–water partition coefficient (Wildman–Crippen LogP) is 0.693. The van der Waals surface area contributed by atoms with Crippen molar-refractivity contribution in [3.63, 3.8) is 0 Å². The maximum absolute atomic E-state index is 11.7. The molecule has 0 aromatic heterocycles. The number of nitrogens with two attached hydrogens (primary N) is 1. The van der Waals surface area contributed by atoms with Crippen LogP contribution in [0.5, 0.6) is 0 Å². The number of nitrogens with one attached hydrogen (secondary N) is 1. The Morgan fingerprint density at radius 2 is 2.16 bits per heavy atom. The quantitative estimate of drug-likeness (QED) is 0.779. The van der Waals surface area contributed by atoms with Crippen LogP contribution < -0.4 is 10.5 Å². The third-order valence-electron chi connectivity index (χ3n) is 2.39. The van der Waals surface area contributed by atoms with Crippen LogP contribution in [0.25, 0.3) is 0 Å². The van der Waals surface area contributed by atoms with E-state index in [2.05, 4.69) is 16.6 Å². The number of hydrogen-bond donors (Lipinski definition) is 2. The summed E-state index contributed by atoms with van der Waals surface area (Å²) in [5.74, 6) is 5.58. The van der Waals surface area contributed by atoms with E-state index in [0.29, 0.717) is 5.69 Å². The first-order valence-corrected chi connectivity index (χ1v) is 7.43. The Kier molecular flexibility index (Phi) is 5.83. The number of hydrogen-bond acceptors (Lipinski definition) is 4. The fraction of sp³-hybridized carbons (Fsp3) is 0.385. The van der Waals surface area contributed by atoms with Crippen LogP contribution in [0.2, 0.25) is 0 Å². The van der Waals surface area contributed by atoms with Crippen molar-refractivity contribution in [3.8, 4) is 11.8 Å². The highest BCUT2D eigenvalue weighted by Crippen LogP contribution is 2.15. The van der Waals surface area contributed by atoms with E-state index in [1.165, 1.54) is 7.11 Å². The van der Waals surface area contributed by atoms with E-state index in [-0.39, 0.29) is 18.9 Å². The molecule has 0 fully saturated rings. The summed E-state index contributed by atoms with van der Waals surface area (Å²) < 4.78 is 30.7. The number of methoxy groups -OCH3 is 1. The molecule has 0 unspecified atom stereocenters. The molecule has 0 heterocycles. The van der Waals surface area contributed by atoms with Crippen molar-refractivity contribution in [1.82, 2.24) is 0 Å². The number of ether oxygens (including phenoxy) is 1. The molecule has 0 amide bonds. The van der Waals surface area contributed by atoms with Gasteiger partial charge in [0.05, 0.1) is 18.9 Å². The van der Waals surface area contributed by atoms with E-state index < -0.39 is 10.0 Å². The van der Waals surface area contributed by atoms with Crippen LogP contribution in [0.1, 0.15) is 11.1 Å². The lowest BCUT2D eigenvalue weighted by Crippen LogP contribution is -2.19. The largest absolute Gasteiger partial charge is 0.384 e. The van der Waals surface area contributed by atoms with Gasteiger partial charge in [-0.05, 0) is 24.6 Å². The fourth-order valence-corrected chi connectivity index (χ4v) is 2.36. The zero-order valence-electron chi connectivity index (χ0n) is 11.1. The number of anilines is 1. The van der Waals surface area contributed by atoms with Gasteiger partial charge in [0.15, 0.2) is 0 Å². The zero-order chi connectivity index (χ0) is 14.3. The molecule has 5 nitrogen and oxygen atoms in total. The summed E-state index contributed by atoms with van der Waals surface area (Å²) in [5.41, 5.74) is 7.55. The van der Waals surface area contributed by atoms with Crippen LogP contribution in [0, 0.1) is 18.8 Å². The van der Waals surface area contributed by atoms with Gasteiger partial charge in [0.25, 0.3) is 0 Å². The number of benzene rings is 1. The third-order valence-corrected chi connectivity index (χ3v) is 3.64. The first-order chi connectivity index (χ1) is 8.98. The highest BCUT2D eigenvalue weighted by atomic mass is 32.2. The lowest BCUT2D eigenvalue weighted by molar-refractivity contribution is 0.217. The van der Waals surface area contributed by atoms with Crippen molar-refractivity contribution in [1.29, 1.82) is 0 Å². The molecule has 0 radical (unpaired) electrons. The van der Waals surface area contributed by atoms with E-state index in [1.807, 2.05) is 13.0 Å². The first-order valence-electron chi connectivity index (χ1n) is 5.77. The van der Waals surface area contributed by atoms with Crippen molar-refractivity contribution in [3.05, 3.63) is 29.3 Å². The molecule has 0 bridgehead atoms. The lowest BCUT2D eigenvalue weighted by atomic mass is 10.1. The zero-order valence-corrected chi connectivity index (χ0v) is 11.9. The predicted molar refractivity (Wildman–Crippen MR) is 76.4 cm³/mol. The molecule has 3 N–H and O–H groups in total. The molecule has 1 aromatic carbocycles. The van der Waals surface area contributed by atoms with Gasteiger partial charge in [-0.15, -0.1) is 0 Å². The highest BCUT2D eigenvalue weighted by molar-refractivity contribution is 7.92. The lowest BCUT2D eigenvalue weighted by Gasteiger charge is -2.09. The van der Waals surface area contributed by atoms with Gasteiger partial charge < -0.3 is 10.5 Å². The minimum atomic E-state index is -3.39. The molecule has 0 aliphatic rings. The maximum Gasteiger partial charge on any atom is 0.234 e. The Balaban J connectivity index is 2.91. The molecule has 0 aliphatic carbocycles. The Morgan fingerprint density at radius 3 is 2.79 bits per heavy atom. The summed E-state index contributed by atoms with van der Waals surface area (Å²) in [7, 11) is -1.93. The van der Waals surface area contributed by atoms with Crippen molar-refractivity contribution in [2.75, 3.05) is 30.7 Å².